The third-order valence-electron chi connectivity index (χ3n) is 5.39. The predicted molar refractivity (Wildman–Crippen MR) is 114 cm³/mol. The molecular formula is C20H36N2O8S. The number of hydrogen-bond donors (Lipinski definition) is 3. The molecule has 0 spiro atoms. The lowest BCUT2D eigenvalue weighted by Crippen LogP contribution is -2.55. The molecule has 0 saturated heterocycles. The van der Waals surface area contributed by atoms with Crippen molar-refractivity contribution in [2.45, 2.75) is 84.6 Å². The van der Waals surface area contributed by atoms with E-state index >= 15 is 0 Å². The van der Waals surface area contributed by atoms with Crippen LogP contribution < -0.4 is 10.6 Å². The van der Waals surface area contributed by atoms with E-state index in [-0.39, 0.29) is 18.2 Å². The molecule has 0 aromatic rings. The Morgan fingerprint density at radius 1 is 1.16 bits per heavy atom. The summed E-state index contributed by atoms with van der Waals surface area (Å²) in [6.45, 7) is 10.3. The van der Waals surface area contributed by atoms with Crippen molar-refractivity contribution in [1.82, 2.24) is 10.6 Å². The van der Waals surface area contributed by atoms with Crippen molar-refractivity contribution < 1.29 is 36.8 Å². The number of carbonyl (C=O) groups excluding carboxylic acids is 2. The van der Waals surface area contributed by atoms with Crippen LogP contribution in [0.4, 0.5) is 4.79 Å². The molecule has 0 aromatic carbocycles. The van der Waals surface area contributed by atoms with Crippen LogP contribution >= 0.6 is 0 Å². The highest BCUT2D eigenvalue weighted by molar-refractivity contribution is 7.86. The largest absolute Gasteiger partial charge is 0.481 e. The van der Waals surface area contributed by atoms with Crippen LogP contribution in [-0.2, 0) is 28.6 Å². The lowest BCUT2D eigenvalue weighted by atomic mass is 9.80. The summed E-state index contributed by atoms with van der Waals surface area (Å²) in [6, 6.07) is -1.39. The van der Waals surface area contributed by atoms with Gasteiger partial charge in [-0.15, -0.1) is 0 Å². The molecule has 0 heterocycles. The second kappa shape index (κ2) is 10.6. The summed E-state index contributed by atoms with van der Waals surface area (Å²) in [7, 11) is -4.01. The van der Waals surface area contributed by atoms with Gasteiger partial charge in [0.1, 0.15) is 5.60 Å². The molecule has 10 nitrogen and oxygen atoms in total. The SMILES string of the molecule is CCC(CC)C(NC(C)=O)C1C(NC(=O)OC(C)(C)C)CC(C(=O)O)C1OS(C)(=O)=O. The number of carboxylic acid groups (broad SMARTS) is 1. The number of carboxylic acids is 1. The van der Waals surface area contributed by atoms with Crippen LogP contribution in [0.2, 0.25) is 0 Å². The van der Waals surface area contributed by atoms with Crippen LogP contribution in [0.15, 0.2) is 0 Å². The van der Waals surface area contributed by atoms with Crippen molar-refractivity contribution in [3.8, 4) is 0 Å². The van der Waals surface area contributed by atoms with Gasteiger partial charge in [-0.25, -0.2) is 4.79 Å². The average Bonchev–Trinajstić information content (AvgIpc) is 2.88. The second-order valence-corrected chi connectivity index (χ2v) is 10.7. The molecule has 0 aliphatic heterocycles. The lowest BCUT2D eigenvalue weighted by Gasteiger charge is -2.37. The molecule has 3 N–H and O–H groups in total. The fourth-order valence-corrected chi connectivity index (χ4v) is 4.93. The third-order valence-corrected chi connectivity index (χ3v) is 5.97. The van der Waals surface area contributed by atoms with E-state index in [0.717, 1.165) is 6.26 Å². The summed E-state index contributed by atoms with van der Waals surface area (Å²) in [5.74, 6) is -3.65. The monoisotopic (exact) mass is 464 g/mol. The van der Waals surface area contributed by atoms with Crippen LogP contribution in [0.25, 0.3) is 0 Å². The molecular weight excluding hydrogens is 428 g/mol. The zero-order valence-electron chi connectivity index (χ0n) is 19.3. The summed E-state index contributed by atoms with van der Waals surface area (Å²) < 4.78 is 34.5. The molecule has 2 amide bonds. The Kier molecular flexibility index (Phi) is 9.31. The van der Waals surface area contributed by atoms with Crippen LogP contribution in [-0.4, -0.2) is 61.5 Å². The lowest BCUT2D eigenvalue weighted by molar-refractivity contribution is -0.144. The zero-order chi connectivity index (χ0) is 24.1. The predicted octanol–water partition coefficient (Wildman–Crippen LogP) is 1.89. The Morgan fingerprint density at radius 2 is 1.71 bits per heavy atom. The molecule has 1 rings (SSSR count). The van der Waals surface area contributed by atoms with Gasteiger partial charge in [-0.3, -0.25) is 13.8 Å². The number of amides is 2. The minimum Gasteiger partial charge on any atom is -0.481 e. The number of aliphatic carboxylic acids is 1. The van der Waals surface area contributed by atoms with Crippen molar-refractivity contribution >= 4 is 28.1 Å². The number of alkyl carbamates (subject to hydrolysis) is 1. The fourth-order valence-electron chi connectivity index (χ4n) is 4.26. The van der Waals surface area contributed by atoms with E-state index in [1.54, 1.807) is 20.8 Å². The number of nitrogens with one attached hydrogen (secondary N) is 2. The molecule has 1 fully saturated rings. The van der Waals surface area contributed by atoms with Crippen LogP contribution in [0.3, 0.4) is 0 Å². The van der Waals surface area contributed by atoms with E-state index < -0.39 is 57.8 Å². The van der Waals surface area contributed by atoms with Gasteiger partial charge in [-0.1, -0.05) is 26.7 Å². The Morgan fingerprint density at radius 3 is 2.10 bits per heavy atom. The smallest absolute Gasteiger partial charge is 0.407 e. The topological polar surface area (TPSA) is 148 Å². The van der Waals surface area contributed by atoms with Gasteiger partial charge in [0.05, 0.1) is 18.3 Å². The maximum atomic E-state index is 12.5. The Balaban J connectivity index is 3.47. The summed E-state index contributed by atoms with van der Waals surface area (Å²) in [6.07, 6.45) is 0.0845. The first-order valence-corrected chi connectivity index (χ1v) is 12.3. The quantitative estimate of drug-likeness (QED) is 0.438. The molecule has 180 valence electrons. The summed E-state index contributed by atoms with van der Waals surface area (Å²) in [5.41, 5.74) is -0.778. The third kappa shape index (κ3) is 8.29. The van der Waals surface area contributed by atoms with Crippen molar-refractivity contribution in [3.63, 3.8) is 0 Å². The molecule has 0 radical (unpaired) electrons. The van der Waals surface area contributed by atoms with E-state index in [4.69, 9.17) is 8.92 Å². The van der Waals surface area contributed by atoms with Gasteiger partial charge in [0.15, 0.2) is 0 Å². The molecule has 1 saturated carbocycles. The van der Waals surface area contributed by atoms with Crippen molar-refractivity contribution in [1.29, 1.82) is 0 Å². The maximum Gasteiger partial charge on any atom is 0.407 e. The van der Waals surface area contributed by atoms with E-state index in [1.807, 2.05) is 13.8 Å². The molecule has 1 aliphatic rings. The summed E-state index contributed by atoms with van der Waals surface area (Å²) in [5, 5.41) is 15.3. The zero-order valence-corrected chi connectivity index (χ0v) is 20.1. The first kappa shape index (κ1) is 27.2. The highest BCUT2D eigenvalue weighted by Gasteiger charge is 2.54. The van der Waals surface area contributed by atoms with E-state index in [9.17, 15) is 27.9 Å². The summed E-state index contributed by atoms with van der Waals surface area (Å²) in [4.78, 5) is 36.4. The highest BCUT2D eigenvalue weighted by Crippen LogP contribution is 2.40. The van der Waals surface area contributed by atoms with Gasteiger partial charge in [0, 0.05) is 24.9 Å². The molecule has 1 aliphatic carbocycles. The molecule has 0 aromatic heterocycles. The number of rotatable bonds is 9. The van der Waals surface area contributed by atoms with Gasteiger partial charge in [0.25, 0.3) is 10.1 Å². The maximum absolute atomic E-state index is 12.5. The second-order valence-electron chi connectivity index (χ2n) is 9.08. The van der Waals surface area contributed by atoms with Crippen LogP contribution in [0.1, 0.15) is 60.8 Å². The first-order chi connectivity index (χ1) is 14.1. The Hall–Kier alpha value is -1.88. The molecule has 5 unspecified atom stereocenters. The normalized spacial score (nSPS) is 25.2. The van der Waals surface area contributed by atoms with E-state index in [0.29, 0.717) is 12.8 Å². The van der Waals surface area contributed by atoms with Gasteiger partial charge in [-0.2, -0.15) is 8.42 Å². The molecule has 31 heavy (non-hydrogen) atoms. The van der Waals surface area contributed by atoms with Gasteiger partial charge < -0.3 is 20.5 Å². The Labute approximate surface area is 184 Å². The number of carbonyl (C=O) groups is 3. The van der Waals surface area contributed by atoms with Crippen molar-refractivity contribution in [2.75, 3.05) is 6.26 Å². The van der Waals surface area contributed by atoms with E-state index in [2.05, 4.69) is 10.6 Å². The molecule has 5 atom stereocenters. The number of hydrogen-bond acceptors (Lipinski definition) is 7. The number of ether oxygens (including phenoxy) is 1. The minimum atomic E-state index is -4.01. The van der Waals surface area contributed by atoms with Crippen molar-refractivity contribution in [3.05, 3.63) is 0 Å². The van der Waals surface area contributed by atoms with Crippen molar-refractivity contribution in [2.24, 2.45) is 17.8 Å². The first-order valence-electron chi connectivity index (χ1n) is 10.5. The minimum absolute atomic E-state index is 0.0599. The van der Waals surface area contributed by atoms with Gasteiger partial charge in [-0.05, 0) is 33.1 Å². The van der Waals surface area contributed by atoms with Gasteiger partial charge >= 0.3 is 12.1 Å². The average molecular weight is 465 g/mol. The van der Waals surface area contributed by atoms with Crippen LogP contribution in [0.5, 0.6) is 0 Å². The van der Waals surface area contributed by atoms with E-state index in [1.165, 1.54) is 6.92 Å². The highest BCUT2D eigenvalue weighted by atomic mass is 32.2. The molecule has 11 heteroatoms. The fraction of sp³-hybridized carbons (Fsp3) is 0.850. The van der Waals surface area contributed by atoms with Crippen LogP contribution in [0, 0.1) is 17.8 Å². The summed E-state index contributed by atoms with van der Waals surface area (Å²) >= 11 is 0. The standard InChI is InChI=1S/C20H36N2O8S/c1-8-12(9-2)16(21-11(3)23)15-14(22-19(26)29-20(4,5)6)10-13(18(24)25)17(15)30-31(7,27)28/h12-17H,8-10H2,1-7H3,(H,21,23)(H,22,26)(H,24,25). The Bertz CT molecular complexity index is 758. The molecule has 0 bridgehead atoms. The van der Waals surface area contributed by atoms with Gasteiger partial charge in [0.2, 0.25) is 5.91 Å².